The number of rotatable bonds is 6. The van der Waals surface area contributed by atoms with Crippen LogP contribution in [0, 0.1) is 0 Å². The summed E-state index contributed by atoms with van der Waals surface area (Å²) in [6.45, 7) is 1.76. The first-order valence-electron chi connectivity index (χ1n) is 7.76. The van der Waals surface area contributed by atoms with Crippen molar-refractivity contribution in [2.45, 2.75) is 19.4 Å². The average Bonchev–Trinajstić information content (AvgIpc) is 2.55. The van der Waals surface area contributed by atoms with Crippen molar-refractivity contribution < 1.29 is 14.4 Å². The maximum absolute atomic E-state index is 12.1. The minimum absolute atomic E-state index is 0.117. The zero-order valence-corrected chi connectivity index (χ0v) is 13.8. The van der Waals surface area contributed by atoms with E-state index in [-0.39, 0.29) is 24.3 Å². The van der Waals surface area contributed by atoms with E-state index >= 15 is 0 Å². The zero-order valence-electron chi connectivity index (χ0n) is 13.8. The fraction of sp³-hybridized carbons (Fsp3) is 0.167. The van der Waals surface area contributed by atoms with E-state index in [1.54, 1.807) is 55.5 Å². The van der Waals surface area contributed by atoms with Gasteiger partial charge in [0.25, 0.3) is 5.91 Å². The van der Waals surface area contributed by atoms with Gasteiger partial charge in [-0.1, -0.05) is 24.3 Å². The quantitative estimate of drug-likeness (QED) is 0.647. The second kappa shape index (κ2) is 8.49. The highest BCUT2D eigenvalue weighted by atomic mass is 16.2. The Hall–Kier alpha value is -3.35. The molecule has 0 spiro atoms. The Morgan fingerprint density at radius 3 is 2.24 bits per heavy atom. The van der Waals surface area contributed by atoms with Crippen LogP contribution < -0.4 is 21.7 Å². The van der Waals surface area contributed by atoms with Gasteiger partial charge in [0.05, 0.1) is 0 Å². The molecule has 0 bridgehead atoms. The van der Waals surface area contributed by atoms with Crippen LogP contribution in [0.25, 0.3) is 0 Å². The van der Waals surface area contributed by atoms with Gasteiger partial charge in [-0.3, -0.25) is 9.59 Å². The van der Waals surface area contributed by atoms with Crippen LogP contribution in [-0.4, -0.2) is 23.9 Å². The number of carbonyl (C=O) groups is 3. The lowest BCUT2D eigenvalue weighted by atomic mass is 10.1. The third-order valence-corrected chi connectivity index (χ3v) is 3.32. The monoisotopic (exact) mass is 340 g/mol. The molecule has 0 fully saturated rings. The van der Waals surface area contributed by atoms with Gasteiger partial charge in [0.1, 0.15) is 0 Å². The molecule has 7 nitrogen and oxygen atoms in total. The number of anilines is 2. The molecule has 130 valence electrons. The molecule has 2 aromatic carbocycles. The molecule has 4 amide bonds. The molecule has 1 unspecified atom stereocenters. The first-order chi connectivity index (χ1) is 11.9. The van der Waals surface area contributed by atoms with E-state index in [0.29, 0.717) is 16.9 Å². The predicted octanol–water partition coefficient (Wildman–Crippen LogP) is 2.32. The maximum Gasteiger partial charge on any atom is 0.316 e. The lowest BCUT2D eigenvalue weighted by Crippen LogP contribution is -2.35. The molecular weight excluding hydrogens is 320 g/mol. The van der Waals surface area contributed by atoms with Gasteiger partial charge >= 0.3 is 6.03 Å². The highest BCUT2D eigenvalue weighted by molar-refractivity contribution is 5.96. The smallest absolute Gasteiger partial charge is 0.316 e. The Labute approximate surface area is 145 Å². The van der Waals surface area contributed by atoms with E-state index < -0.39 is 6.03 Å². The zero-order chi connectivity index (χ0) is 18.2. The molecule has 1 atom stereocenters. The summed E-state index contributed by atoms with van der Waals surface area (Å²) in [4.78, 5) is 35.0. The van der Waals surface area contributed by atoms with Gasteiger partial charge in [-0.25, -0.2) is 4.79 Å². The van der Waals surface area contributed by atoms with Gasteiger partial charge in [0.15, 0.2) is 0 Å². The maximum atomic E-state index is 12.1. The molecule has 0 saturated carbocycles. The van der Waals surface area contributed by atoms with Gasteiger partial charge in [-0.2, -0.15) is 0 Å². The average molecular weight is 340 g/mol. The molecule has 0 aliphatic carbocycles. The van der Waals surface area contributed by atoms with E-state index in [9.17, 15) is 14.4 Å². The number of carbonyl (C=O) groups excluding carboxylic acids is 3. The SMILES string of the molecule is CC(CC(=O)Nc1cccc(NC(N)=O)c1)NC(=O)c1ccccc1. The van der Waals surface area contributed by atoms with Gasteiger partial charge in [0.2, 0.25) is 5.91 Å². The normalized spacial score (nSPS) is 11.2. The number of hydrogen-bond acceptors (Lipinski definition) is 3. The second-order valence-corrected chi connectivity index (χ2v) is 5.56. The summed E-state index contributed by atoms with van der Waals surface area (Å²) < 4.78 is 0. The van der Waals surface area contributed by atoms with Crippen molar-refractivity contribution in [3.8, 4) is 0 Å². The van der Waals surface area contributed by atoms with Crippen LogP contribution in [0.4, 0.5) is 16.2 Å². The third kappa shape index (κ3) is 5.98. The van der Waals surface area contributed by atoms with E-state index in [1.807, 2.05) is 6.07 Å². The summed E-state index contributed by atoms with van der Waals surface area (Å²) in [7, 11) is 0. The largest absolute Gasteiger partial charge is 0.351 e. The summed E-state index contributed by atoms with van der Waals surface area (Å²) in [6, 6.07) is 14.4. The molecule has 2 rings (SSSR count). The van der Waals surface area contributed by atoms with Crippen LogP contribution in [0.2, 0.25) is 0 Å². The Morgan fingerprint density at radius 2 is 1.60 bits per heavy atom. The Kier molecular flexibility index (Phi) is 6.11. The number of benzene rings is 2. The van der Waals surface area contributed by atoms with Crippen molar-refractivity contribution in [2.75, 3.05) is 10.6 Å². The molecular formula is C18H20N4O3. The van der Waals surface area contributed by atoms with Gasteiger partial charge in [0, 0.05) is 29.4 Å². The summed E-state index contributed by atoms with van der Waals surface area (Å²) >= 11 is 0. The summed E-state index contributed by atoms with van der Waals surface area (Å²) in [5, 5.41) is 7.93. The molecule has 2 aromatic rings. The van der Waals surface area contributed by atoms with Crippen molar-refractivity contribution >= 4 is 29.2 Å². The highest BCUT2D eigenvalue weighted by Crippen LogP contribution is 2.15. The number of amides is 4. The van der Waals surface area contributed by atoms with Crippen molar-refractivity contribution in [1.82, 2.24) is 5.32 Å². The number of urea groups is 1. The molecule has 25 heavy (non-hydrogen) atoms. The van der Waals surface area contributed by atoms with E-state index in [0.717, 1.165) is 0 Å². The van der Waals surface area contributed by atoms with Gasteiger partial charge in [-0.05, 0) is 37.3 Å². The van der Waals surface area contributed by atoms with Crippen LogP contribution in [0.5, 0.6) is 0 Å². The van der Waals surface area contributed by atoms with E-state index in [4.69, 9.17) is 5.73 Å². The van der Waals surface area contributed by atoms with Crippen LogP contribution in [0.3, 0.4) is 0 Å². The summed E-state index contributed by atoms with van der Waals surface area (Å²) in [5.74, 6) is -0.481. The number of primary amides is 1. The highest BCUT2D eigenvalue weighted by Gasteiger charge is 2.13. The Balaban J connectivity index is 1.87. The lowest BCUT2D eigenvalue weighted by molar-refractivity contribution is -0.116. The fourth-order valence-corrected chi connectivity index (χ4v) is 2.25. The van der Waals surface area contributed by atoms with Gasteiger partial charge < -0.3 is 21.7 Å². The third-order valence-electron chi connectivity index (χ3n) is 3.32. The molecule has 0 aliphatic rings. The Bertz CT molecular complexity index is 762. The number of nitrogens with two attached hydrogens (primary N) is 1. The van der Waals surface area contributed by atoms with Crippen molar-refractivity contribution in [2.24, 2.45) is 5.73 Å². The van der Waals surface area contributed by atoms with E-state index in [2.05, 4.69) is 16.0 Å². The van der Waals surface area contributed by atoms with Crippen molar-refractivity contribution in [1.29, 1.82) is 0 Å². The van der Waals surface area contributed by atoms with Crippen LogP contribution >= 0.6 is 0 Å². The van der Waals surface area contributed by atoms with Crippen LogP contribution in [-0.2, 0) is 4.79 Å². The molecule has 0 heterocycles. The predicted molar refractivity (Wildman–Crippen MR) is 96.3 cm³/mol. The molecule has 0 radical (unpaired) electrons. The van der Waals surface area contributed by atoms with Crippen molar-refractivity contribution in [3.63, 3.8) is 0 Å². The molecule has 0 saturated heterocycles. The molecule has 0 aliphatic heterocycles. The number of nitrogens with one attached hydrogen (secondary N) is 3. The minimum Gasteiger partial charge on any atom is -0.351 e. The topological polar surface area (TPSA) is 113 Å². The first kappa shape index (κ1) is 18.0. The minimum atomic E-state index is -0.680. The Morgan fingerprint density at radius 1 is 0.960 bits per heavy atom. The molecule has 5 N–H and O–H groups in total. The van der Waals surface area contributed by atoms with E-state index in [1.165, 1.54) is 0 Å². The molecule has 0 aromatic heterocycles. The van der Waals surface area contributed by atoms with Crippen LogP contribution in [0.15, 0.2) is 54.6 Å². The second-order valence-electron chi connectivity index (χ2n) is 5.56. The fourth-order valence-electron chi connectivity index (χ4n) is 2.25. The summed E-state index contributed by atoms with van der Waals surface area (Å²) in [6.07, 6.45) is 0.117. The standard InChI is InChI=1S/C18H20N4O3/c1-12(20-17(24)13-6-3-2-4-7-13)10-16(23)21-14-8-5-9-15(11-14)22-18(19)25/h2-9,11-12H,10H2,1H3,(H,20,24)(H,21,23)(H3,19,22,25). The van der Waals surface area contributed by atoms with Gasteiger partial charge in [-0.15, -0.1) is 0 Å². The van der Waals surface area contributed by atoms with Crippen molar-refractivity contribution in [3.05, 3.63) is 60.2 Å². The first-order valence-corrected chi connectivity index (χ1v) is 7.76. The van der Waals surface area contributed by atoms with Crippen LogP contribution in [0.1, 0.15) is 23.7 Å². The molecule has 7 heteroatoms. The summed E-state index contributed by atoms with van der Waals surface area (Å²) in [5.41, 5.74) is 6.61. The lowest BCUT2D eigenvalue weighted by Gasteiger charge is -2.14. The number of hydrogen-bond donors (Lipinski definition) is 4.